The first kappa shape index (κ1) is 18.2. The molecule has 140 valence electrons. The smallest absolute Gasteiger partial charge is 0.185 e. The fourth-order valence-corrected chi connectivity index (χ4v) is 3.48. The summed E-state index contributed by atoms with van der Waals surface area (Å²) in [5, 5.41) is 13.8. The maximum absolute atomic E-state index is 12.4. The Bertz CT molecular complexity index is 1120. The molecule has 0 bridgehead atoms. The first-order valence-electron chi connectivity index (χ1n) is 8.73. The van der Waals surface area contributed by atoms with Gasteiger partial charge in [0.1, 0.15) is 10.8 Å². The molecule has 0 unspecified atom stereocenters. The van der Waals surface area contributed by atoms with Crippen molar-refractivity contribution in [3.63, 3.8) is 0 Å². The molecule has 0 aliphatic carbocycles. The molecule has 6 nitrogen and oxygen atoms in total. The van der Waals surface area contributed by atoms with Gasteiger partial charge >= 0.3 is 0 Å². The van der Waals surface area contributed by atoms with Crippen LogP contribution in [0, 0.1) is 6.92 Å². The van der Waals surface area contributed by atoms with Gasteiger partial charge in [-0.15, -0.1) is 10.2 Å². The first-order chi connectivity index (χ1) is 13.6. The average molecular weight is 390 g/mol. The second-order valence-electron chi connectivity index (χ2n) is 6.27. The molecule has 0 fully saturated rings. The molecule has 0 saturated heterocycles. The number of methoxy groups -OCH3 is 1. The molecule has 0 amide bonds. The molecule has 0 atom stereocenters. The highest BCUT2D eigenvalue weighted by Gasteiger charge is 2.12. The molecule has 2 aromatic heterocycles. The maximum Gasteiger partial charge on any atom is 0.185 e. The molecule has 28 heavy (non-hydrogen) atoms. The number of ether oxygens (including phenoxy) is 1. The lowest BCUT2D eigenvalue weighted by Gasteiger charge is -2.04. The average Bonchev–Trinajstić information content (AvgIpc) is 3.16. The number of fused-ring (bicyclic) bond motifs is 1. The van der Waals surface area contributed by atoms with Crippen LogP contribution in [-0.4, -0.2) is 38.5 Å². The van der Waals surface area contributed by atoms with E-state index in [9.17, 15) is 4.79 Å². The Kier molecular flexibility index (Phi) is 5.08. The third kappa shape index (κ3) is 3.75. The van der Waals surface area contributed by atoms with Crippen LogP contribution in [0.15, 0.2) is 65.7 Å². The predicted molar refractivity (Wildman–Crippen MR) is 109 cm³/mol. The Hall–Kier alpha value is -3.19. The van der Waals surface area contributed by atoms with Gasteiger partial charge < -0.3 is 4.74 Å². The van der Waals surface area contributed by atoms with Crippen LogP contribution in [0.25, 0.3) is 17.0 Å². The van der Waals surface area contributed by atoms with Gasteiger partial charge in [-0.05, 0) is 43.3 Å². The second kappa shape index (κ2) is 7.82. The standard InChI is InChI=1S/C21H18N4O2S/c1-14-3-5-16(6-4-14)21-23-22-19-11-12-20(24-25(19)21)28-13-18(26)15-7-9-17(27-2)10-8-15/h3-12H,13H2,1-2H3. The van der Waals surface area contributed by atoms with Gasteiger partial charge in [0.25, 0.3) is 0 Å². The molecule has 0 aliphatic rings. The molecule has 0 aliphatic heterocycles. The topological polar surface area (TPSA) is 69.4 Å². The summed E-state index contributed by atoms with van der Waals surface area (Å²) >= 11 is 1.39. The number of aryl methyl sites for hydroxylation is 1. The molecule has 0 spiro atoms. The summed E-state index contributed by atoms with van der Waals surface area (Å²) in [6.07, 6.45) is 0. The van der Waals surface area contributed by atoms with Gasteiger partial charge in [0, 0.05) is 11.1 Å². The van der Waals surface area contributed by atoms with E-state index in [1.165, 1.54) is 17.3 Å². The molecular formula is C21H18N4O2S. The van der Waals surface area contributed by atoms with Crippen LogP contribution in [0.4, 0.5) is 0 Å². The minimum Gasteiger partial charge on any atom is -0.497 e. The van der Waals surface area contributed by atoms with Crippen LogP contribution < -0.4 is 4.74 Å². The summed E-state index contributed by atoms with van der Waals surface area (Å²) in [4.78, 5) is 12.4. The van der Waals surface area contributed by atoms with E-state index in [4.69, 9.17) is 4.74 Å². The summed E-state index contributed by atoms with van der Waals surface area (Å²) in [7, 11) is 1.60. The number of nitrogens with zero attached hydrogens (tertiary/aromatic N) is 4. The van der Waals surface area contributed by atoms with Crippen molar-refractivity contribution in [2.24, 2.45) is 0 Å². The van der Waals surface area contributed by atoms with Crippen molar-refractivity contribution in [3.05, 3.63) is 71.8 Å². The van der Waals surface area contributed by atoms with Gasteiger partial charge in [-0.3, -0.25) is 4.79 Å². The SMILES string of the molecule is COc1ccc(C(=O)CSc2ccc3nnc(-c4ccc(C)cc4)n3n2)cc1. The maximum atomic E-state index is 12.4. The zero-order chi connectivity index (χ0) is 19.5. The monoisotopic (exact) mass is 390 g/mol. The third-order valence-corrected chi connectivity index (χ3v) is 5.23. The summed E-state index contributed by atoms with van der Waals surface area (Å²) in [5.41, 5.74) is 3.45. The molecule has 4 rings (SSSR count). The molecule has 2 heterocycles. The number of Topliss-reactive ketones (excluding diaryl/α,β-unsaturated/α-hetero) is 1. The van der Waals surface area contributed by atoms with Crippen molar-refractivity contribution in [1.29, 1.82) is 0 Å². The van der Waals surface area contributed by atoms with E-state index < -0.39 is 0 Å². The fourth-order valence-electron chi connectivity index (χ4n) is 2.73. The van der Waals surface area contributed by atoms with E-state index in [1.807, 2.05) is 43.3 Å². The predicted octanol–water partition coefficient (Wildman–Crippen LogP) is 4.08. The number of hydrogen-bond acceptors (Lipinski definition) is 6. The number of carbonyl (C=O) groups excluding carboxylic acids is 1. The van der Waals surface area contributed by atoms with Crippen LogP contribution in [0.2, 0.25) is 0 Å². The summed E-state index contributed by atoms with van der Waals surface area (Å²) in [5.74, 6) is 1.75. The number of hydrogen-bond donors (Lipinski definition) is 0. The van der Waals surface area contributed by atoms with Gasteiger partial charge in [-0.1, -0.05) is 41.6 Å². The number of benzene rings is 2. The Labute approximate surface area is 166 Å². The van der Waals surface area contributed by atoms with Crippen LogP contribution in [-0.2, 0) is 0 Å². The number of thioether (sulfide) groups is 1. The van der Waals surface area contributed by atoms with Crippen LogP contribution in [0.5, 0.6) is 5.75 Å². The minimum atomic E-state index is 0.0389. The Morgan fingerprint density at radius 2 is 1.75 bits per heavy atom. The Morgan fingerprint density at radius 1 is 1.00 bits per heavy atom. The molecule has 7 heteroatoms. The lowest BCUT2D eigenvalue weighted by atomic mass is 10.1. The number of aromatic nitrogens is 4. The van der Waals surface area contributed by atoms with Gasteiger partial charge in [-0.2, -0.15) is 9.61 Å². The zero-order valence-corrected chi connectivity index (χ0v) is 16.3. The number of ketones is 1. The van der Waals surface area contributed by atoms with Crippen molar-refractivity contribution in [1.82, 2.24) is 19.8 Å². The Balaban J connectivity index is 1.53. The van der Waals surface area contributed by atoms with Crippen molar-refractivity contribution in [3.8, 4) is 17.1 Å². The van der Waals surface area contributed by atoms with Crippen molar-refractivity contribution in [2.75, 3.05) is 12.9 Å². The van der Waals surface area contributed by atoms with Crippen LogP contribution >= 0.6 is 11.8 Å². The largest absolute Gasteiger partial charge is 0.497 e. The highest BCUT2D eigenvalue weighted by Crippen LogP contribution is 2.22. The van der Waals surface area contributed by atoms with Gasteiger partial charge in [0.2, 0.25) is 0 Å². The minimum absolute atomic E-state index is 0.0389. The van der Waals surface area contributed by atoms with Crippen LogP contribution in [0.3, 0.4) is 0 Å². The summed E-state index contributed by atoms with van der Waals surface area (Å²) in [6.45, 7) is 2.04. The van der Waals surface area contributed by atoms with E-state index in [-0.39, 0.29) is 5.78 Å². The number of carbonyl (C=O) groups is 1. The fraction of sp³-hybridized carbons (Fsp3) is 0.143. The lowest BCUT2D eigenvalue weighted by Crippen LogP contribution is -2.03. The van der Waals surface area contributed by atoms with Crippen LogP contribution in [0.1, 0.15) is 15.9 Å². The zero-order valence-electron chi connectivity index (χ0n) is 15.5. The number of rotatable bonds is 6. The van der Waals surface area contributed by atoms with E-state index in [2.05, 4.69) is 15.3 Å². The van der Waals surface area contributed by atoms with Crippen molar-refractivity contribution >= 4 is 23.2 Å². The van der Waals surface area contributed by atoms with E-state index in [1.54, 1.807) is 35.9 Å². The first-order valence-corrected chi connectivity index (χ1v) is 9.72. The van der Waals surface area contributed by atoms with Gasteiger partial charge in [0.05, 0.1) is 12.9 Å². The van der Waals surface area contributed by atoms with E-state index >= 15 is 0 Å². The molecule has 4 aromatic rings. The molecule has 2 aromatic carbocycles. The Morgan fingerprint density at radius 3 is 2.46 bits per heavy atom. The molecule has 0 radical (unpaired) electrons. The normalized spacial score (nSPS) is 10.9. The summed E-state index contributed by atoms with van der Waals surface area (Å²) < 4.78 is 6.84. The van der Waals surface area contributed by atoms with E-state index in [0.29, 0.717) is 22.8 Å². The molecule has 0 saturated carbocycles. The van der Waals surface area contributed by atoms with Gasteiger partial charge in [-0.25, -0.2) is 0 Å². The van der Waals surface area contributed by atoms with E-state index in [0.717, 1.165) is 16.3 Å². The van der Waals surface area contributed by atoms with Gasteiger partial charge in [0.15, 0.2) is 17.3 Å². The lowest BCUT2D eigenvalue weighted by molar-refractivity contribution is 0.102. The highest BCUT2D eigenvalue weighted by atomic mass is 32.2. The second-order valence-corrected chi connectivity index (χ2v) is 7.27. The quantitative estimate of drug-likeness (QED) is 0.365. The van der Waals surface area contributed by atoms with Crippen molar-refractivity contribution in [2.45, 2.75) is 11.9 Å². The highest BCUT2D eigenvalue weighted by molar-refractivity contribution is 7.99. The van der Waals surface area contributed by atoms with Crippen molar-refractivity contribution < 1.29 is 9.53 Å². The summed E-state index contributed by atoms with van der Waals surface area (Å²) in [6, 6.07) is 18.9. The molecule has 0 N–H and O–H groups in total. The third-order valence-electron chi connectivity index (χ3n) is 4.31. The molecular weight excluding hydrogens is 372 g/mol.